The lowest BCUT2D eigenvalue weighted by Gasteiger charge is -2.47. The van der Waals surface area contributed by atoms with Gasteiger partial charge in [0, 0.05) is 24.2 Å². The van der Waals surface area contributed by atoms with Crippen molar-refractivity contribution in [3.63, 3.8) is 0 Å². The first-order valence-electron chi connectivity index (χ1n) is 7.16. The van der Waals surface area contributed by atoms with Crippen LogP contribution < -0.4 is 4.90 Å². The maximum absolute atomic E-state index is 8.87. The largest absolute Gasteiger partial charge is 0.366 e. The molecule has 1 atom stereocenters. The molecule has 0 spiro atoms. The maximum Gasteiger partial charge on any atom is 0.0624 e. The van der Waals surface area contributed by atoms with Crippen molar-refractivity contribution in [3.8, 4) is 6.07 Å². The van der Waals surface area contributed by atoms with Crippen molar-refractivity contribution >= 4 is 5.69 Å². The van der Waals surface area contributed by atoms with Crippen LogP contribution in [0.3, 0.4) is 0 Å². The molecule has 0 saturated carbocycles. The maximum atomic E-state index is 8.87. The second-order valence-electron chi connectivity index (χ2n) is 6.45. The summed E-state index contributed by atoms with van der Waals surface area (Å²) in [6.07, 6.45) is 2.93. The highest BCUT2D eigenvalue weighted by Gasteiger charge is 2.34. The van der Waals surface area contributed by atoms with Crippen LogP contribution in [0.25, 0.3) is 0 Å². The molecule has 0 bridgehead atoms. The van der Waals surface area contributed by atoms with E-state index in [1.165, 1.54) is 16.8 Å². The monoisotopic (exact) mass is 256 g/mol. The molecule has 1 saturated heterocycles. The number of anilines is 1. The number of benzene rings is 1. The van der Waals surface area contributed by atoms with Gasteiger partial charge in [-0.05, 0) is 69.7 Å². The third-order valence-electron chi connectivity index (χ3n) is 4.46. The van der Waals surface area contributed by atoms with Gasteiger partial charge in [0.2, 0.25) is 0 Å². The summed E-state index contributed by atoms with van der Waals surface area (Å²) in [5.74, 6) is 0.558. The first-order valence-corrected chi connectivity index (χ1v) is 7.16. The van der Waals surface area contributed by atoms with Crippen LogP contribution in [0, 0.1) is 31.1 Å². The fourth-order valence-corrected chi connectivity index (χ4v) is 3.21. The molecule has 1 fully saturated rings. The second kappa shape index (κ2) is 5.25. The normalized spacial score (nSPS) is 22.1. The van der Waals surface area contributed by atoms with E-state index >= 15 is 0 Å². The highest BCUT2D eigenvalue weighted by atomic mass is 15.2. The van der Waals surface area contributed by atoms with Crippen molar-refractivity contribution in [2.75, 3.05) is 11.4 Å². The summed E-state index contributed by atoms with van der Waals surface area (Å²) in [6, 6.07) is 9.06. The summed E-state index contributed by atoms with van der Waals surface area (Å²) in [5.41, 5.74) is 4.17. The van der Waals surface area contributed by atoms with Crippen LogP contribution in [-0.2, 0) is 0 Å². The van der Waals surface area contributed by atoms with Crippen LogP contribution in [0.2, 0.25) is 0 Å². The Kier molecular flexibility index (Phi) is 3.85. The van der Waals surface area contributed by atoms with E-state index in [-0.39, 0.29) is 5.54 Å². The summed E-state index contributed by atoms with van der Waals surface area (Å²) in [6.45, 7) is 9.98. The minimum absolute atomic E-state index is 0.140. The average Bonchev–Trinajstić information content (AvgIpc) is 2.32. The number of nitrogens with zero attached hydrogens (tertiary/aromatic N) is 2. The minimum Gasteiger partial charge on any atom is -0.366 e. The number of rotatable bonds is 2. The zero-order valence-corrected chi connectivity index (χ0v) is 12.5. The Hall–Kier alpha value is -1.49. The first-order chi connectivity index (χ1) is 8.94. The SMILES string of the molecule is Cc1ccc(N2CCC(CC#N)CC2(C)C)cc1C. The van der Waals surface area contributed by atoms with Crippen LogP contribution in [-0.4, -0.2) is 12.1 Å². The van der Waals surface area contributed by atoms with Gasteiger partial charge in [-0.3, -0.25) is 0 Å². The number of aryl methyl sites for hydroxylation is 2. The number of hydrogen-bond acceptors (Lipinski definition) is 2. The van der Waals surface area contributed by atoms with Crippen LogP contribution in [0.5, 0.6) is 0 Å². The summed E-state index contributed by atoms with van der Waals surface area (Å²) < 4.78 is 0. The average molecular weight is 256 g/mol. The lowest BCUT2D eigenvalue weighted by molar-refractivity contribution is 0.277. The van der Waals surface area contributed by atoms with Gasteiger partial charge in [0.25, 0.3) is 0 Å². The Labute approximate surface area is 117 Å². The fraction of sp³-hybridized carbons (Fsp3) is 0.588. The summed E-state index contributed by atoms with van der Waals surface area (Å²) >= 11 is 0. The van der Waals surface area contributed by atoms with Crippen molar-refractivity contribution in [1.82, 2.24) is 0 Å². The predicted molar refractivity (Wildman–Crippen MR) is 80.3 cm³/mol. The second-order valence-corrected chi connectivity index (χ2v) is 6.45. The van der Waals surface area contributed by atoms with E-state index in [1.54, 1.807) is 0 Å². The van der Waals surface area contributed by atoms with Gasteiger partial charge in [0.1, 0.15) is 0 Å². The molecule has 102 valence electrons. The molecule has 0 N–H and O–H groups in total. The molecule has 2 nitrogen and oxygen atoms in total. The molecule has 1 heterocycles. The quantitative estimate of drug-likeness (QED) is 0.792. The van der Waals surface area contributed by atoms with Gasteiger partial charge in [0.05, 0.1) is 6.07 Å². The van der Waals surface area contributed by atoms with Gasteiger partial charge in [-0.25, -0.2) is 0 Å². The molecule has 2 rings (SSSR count). The summed E-state index contributed by atoms with van der Waals surface area (Å²) in [5, 5.41) is 8.87. The molecule has 0 aromatic heterocycles. The van der Waals surface area contributed by atoms with Crippen molar-refractivity contribution in [1.29, 1.82) is 5.26 Å². The Morgan fingerprint density at radius 1 is 1.32 bits per heavy atom. The Balaban J connectivity index is 2.21. The summed E-state index contributed by atoms with van der Waals surface area (Å²) in [4.78, 5) is 2.51. The van der Waals surface area contributed by atoms with Gasteiger partial charge in [-0.1, -0.05) is 6.07 Å². The molecule has 1 aromatic rings. The van der Waals surface area contributed by atoms with E-state index in [0.29, 0.717) is 12.3 Å². The molecule has 1 unspecified atom stereocenters. The van der Waals surface area contributed by atoms with E-state index in [9.17, 15) is 0 Å². The van der Waals surface area contributed by atoms with Gasteiger partial charge in [-0.15, -0.1) is 0 Å². The van der Waals surface area contributed by atoms with E-state index in [1.807, 2.05) is 0 Å². The molecular weight excluding hydrogens is 232 g/mol. The lowest BCUT2D eigenvalue weighted by atomic mass is 9.81. The van der Waals surface area contributed by atoms with E-state index < -0.39 is 0 Å². The van der Waals surface area contributed by atoms with Gasteiger partial charge in [0.15, 0.2) is 0 Å². The number of piperidine rings is 1. The van der Waals surface area contributed by atoms with Gasteiger partial charge >= 0.3 is 0 Å². The first kappa shape index (κ1) is 13.9. The van der Waals surface area contributed by atoms with Crippen molar-refractivity contribution in [2.24, 2.45) is 5.92 Å². The Bertz CT molecular complexity index is 496. The van der Waals surface area contributed by atoms with E-state index in [0.717, 1.165) is 19.4 Å². The topological polar surface area (TPSA) is 27.0 Å². The molecule has 0 amide bonds. The number of hydrogen-bond donors (Lipinski definition) is 0. The van der Waals surface area contributed by atoms with Gasteiger partial charge in [-0.2, -0.15) is 5.26 Å². The molecule has 1 aromatic carbocycles. The predicted octanol–water partition coefficient (Wildman–Crippen LogP) is 4.21. The molecule has 0 radical (unpaired) electrons. The van der Waals surface area contributed by atoms with Crippen molar-refractivity contribution < 1.29 is 0 Å². The highest BCUT2D eigenvalue weighted by molar-refractivity contribution is 5.53. The Morgan fingerprint density at radius 2 is 2.05 bits per heavy atom. The van der Waals surface area contributed by atoms with Crippen molar-refractivity contribution in [3.05, 3.63) is 29.3 Å². The zero-order valence-electron chi connectivity index (χ0n) is 12.5. The lowest BCUT2D eigenvalue weighted by Crippen LogP contribution is -2.50. The molecular formula is C17H24N2. The zero-order chi connectivity index (χ0) is 14.0. The number of nitriles is 1. The molecule has 2 heteroatoms. The fourth-order valence-electron chi connectivity index (χ4n) is 3.21. The molecule has 0 aliphatic carbocycles. The molecule has 1 aliphatic heterocycles. The van der Waals surface area contributed by atoms with Crippen LogP contribution >= 0.6 is 0 Å². The standard InChI is InChI=1S/C17H24N2/c1-13-5-6-16(11-14(13)2)19-10-8-15(7-9-18)12-17(19,3)4/h5-6,11,15H,7-8,10,12H2,1-4H3. The van der Waals surface area contributed by atoms with Crippen LogP contribution in [0.4, 0.5) is 5.69 Å². The van der Waals surface area contributed by atoms with Gasteiger partial charge < -0.3 is 4.90 Å². The van der Waals surface area contributed by atoms with Crippen LogP contribution in [0.15, 0.2) is 18.2 Å². The van der Waals surface area contributed by atoms with E-state index in [2.05, 4.69) is 56.9 Å². The molecule has 1 aliphatic rings. The highest BCUT2D eigenvalue weighted by Crippen LogP contribution is 2.37. The van der Waals surface area contributed by atoms with Crippen molar-refractivity contribution in [2.45, 2.75) is 52.5 Å². The summed E-state index contributed by atoms with van der Waals surface area (Å²) in [7, 11) is 0. The Morgan fingerprint density at radius 3 is 2.63 bits per heavy atom. The minimum atomic E-state index is 0.140. The van der Waals surface area contributed by atoms with Crippen LogP contribution in [0.1, 0.15) is 44.2 Å². The van der Waals surface area contributed by atoms with E-state index in [4.69, 9.17) is 5.26 Å². The molecule has 19 heavy (non-hydrogen) atoms. The third kappa shape index (κ3) is 2.92. The smallest absolute Gasteiger partial charge is 0.0624 e. The third-order valence-corrected chi connectivity index (χ3v) is 4.46.